The van der Waals surface area contributed by atoms with Gasteiger partial charge in [0.25, 0.3) is 5.91 Å². The number of hydrogen-bond donors (Lipinski definition) is 2. The third kappa shape index (κ3) is 5.60. The largest absolute Gasteiger partial charge is 0.348 e. The normalized spacial score (nSPS) is 17.4. The minimum absolute atomic E-state index is 0.160. The zero-order valence-electron chi connectivity index (χ0n) is 16.8. The molecule has 2 aromatic rings. The van der Waals surface area contributed by atoms with Gasteiger partial charge in [0.2, 0.25) is 15.9 Å². The number of carbonyl (C=O) groups excluding carboxylic acids is 2. The van der Waals surface area contributed by atoms with Gasteiger partial charge in [0.15, 0.2) is 0 Å². The second-order valence-electron chi connectivity index (χ2n) is 7.39. The molecule has 0 aliphatic carbocycles. The molecule has 3 rings (SSSR count). The molecule has 0 aromatic heterocycles. The summed E-state index contributed by atoms with van der Waals surface area (Å²) in [5, 5.41) is 2.96. The van der Waals surface area contributed by atoms with E-state index in [1.54, 1.807) is 47.4 Å². The van der Waals surface area contributed by atoms with Crippen LogP contribution in [-0.4, -0.2) is 44.0 Å². The summed E-state index contributed by atoms with van der Waals surface area (Å²) in [4.78, 5) is 27.4. The van der Waals surface area contributed by atoms with Gasteiger partial charge >= 0.3 is 0 Å². The third-order valence-corrected chi connectivity index (χ3v) is 6.09. The Kier molecular flexibility index (Phi) is 6.82. The second-order valence-corrected chi connectivity index (χ2v) is 10.1. The fraction of sp³-hybridized carbons (Fsp3) is 0.333. The molecule has 2 N–H and O–H groups in total. The van der Waals surface area contributed by atoms with E-state index in [9.17, 15) is 18.0 Å². The first-order valence-corrected chi connectivity index (χ1v) is 12.3. The number of amides is 2. The maximum absolute atomic E-state index is 12.9. The minimum atomic E-state index is -3.39. The Hall–Kier alpha value is -2.39. The Morgan fingerprint density at radius 2 is 1.87 bits per heavy atom. The average molecular weight is 494 g/mol. The van der Waals surface area contributed by atoms with Crippen molar-refractivity contribution in [1.82, 2.24) is 10.2 Å². The molecule has 7 nitrogen and oxygen atoms in total. The van der Waals surface area contributed by atoms with E-state index < -0.39 is 16.1 Å². The number of likely N-dealkylation sites (tertiary alicyclic amines) is 1. The number of nitrogens with one attached hydrogen (secondary N) is 2. The van der Waals surface area contributed by atoms with E-state index in [1.165, 1.54) is 0 Å². The van der Waals surface area contributed by atoms with Crippen molar-refractivity contribution < 1.29 is 18.0 Å². The molecule has 0 spiro atoms. The minimum Gasteiger partial charge on any atom is -0.348 e. The lowest BCUT2D eigenvalue weighted by molar-refractivity contribution is -0.125. The van der Waals surface area contributed by atoms with E-state index in [2.05, 4.69) is 26.0 Å². The molecule has 2 atom stereocenters. The van der Waals surface area contributed by atoms with Crippen molar-refractivity contribution in [2.75, 3.05) is 17.5 Å². The lowest BCUT2D eigenvalue weighted by Crippen LogP contribution is -2.46. The molecule has 1 aliphatic heterocycles. The fourth-order valence-electron chi connectivity index (χ4n) is 3.52. The average Bonchev–Trinajstić information content (AvgIpc) is 3.17. The number of hydrogen-bond acceptors (Lipinski definition) is 4. The first kappa shape index (κ1) is 22.3. The molecular formula is C21H24BrN3O4S. The summed E-state index contributed by atoms with van der Waals surface area (Å²) in [7, 11) is -3.39. The van der Waals surface area contributed by atoms with Crippen LogP contribution < -0.4 is 10.0 Å². The van der Waals surface area contributed by atoms with Crippen LogP contribution in [0.1, 0.15) is 41.7 Å². The Morgan fingerprint density at radius 1 is 1.17 bits per heavy atom. The molecule has 9 heteroatoms. The number of carbonyl (C=O) groups is 2. The summed E-state index contributed by atoms with van der Waals surface area (Å²) in [5.41, 5.74) is 1.75. The lowest BCUT2D eigenvalue weighted by atomic mass is 10.1. The quantitative estimate of drug-likeness (QED) is 0.644. The monoisotopic (exact) mass is 493 g/mol. The first-order chi connectivity index (χ1) is 14.1. The molecular weight excluding hydrogens is 470 g/mol. The molecule has 30 heavy (non-hydrogen) atoms. The van der Waals surface area contributed by atoms with Gasteiger partial charge in [-0.1, -0.05) is 28.1 Å². The Bertz CT molecular complexity index is 1040. The van der Waals surface area contributed by atoms with Crippen molar-refractivity contribution in [2.45, 2.75) is 31.8 Å². The fourth-order valence-corrected chi connectivity index (χ4v) is 4.34. The topological polar surface area (TPSA) is 95.6 Å². The summed E-state index contributed by atoms with van der Waals surface area (Å²) in [6, 6.07) is 13.1. The molecule has 160 valence electrons. The van der Waals surface area contributed by atoms with Crippen LogP contribution in [0.3, 0.4) is 0 Å². The van der Waals surface area contributed by atoms with Crippen LogP contribution in [0.5, 0.6) is 0 Å². The smallest absolute Gasteiger partial charge is 0.254 e. The highest BCUT2D eigenvalue weighted by molar-refractivity contribution is 9.10. The molecule has 0 bridgehead atoms. The lowest BCUT2D eigenvalue weighted by Gasteiger charge is -2.26. The van der Waals surface area contributed by atoms with Gasteiger partial charge in [-0.15, -0.1) is 0 Å². The predicted octanol–water partition coefficient (Wildman–Crippen LogP) is 3.30. The van der Waals surface area contributed by atoms with Gasteiger partial charge in [0.05, 0.1) is 12.3 Å². The zero-order valence-corrected chi connectivity index (χ0v) is 19.2. The summed E-state index contributed by atoms with van der Waals surface area (Å²) in [6.45, 7) is 2.36. The van der Waals surface area contributed by atoms with Crippen LogP contribution in [-0.2, 0) is 14.8 Å². The molecule has 1 heterocycles. The van der Waals surface area contributed by atoms with E-state index in [4.69, 9.17) is 0 Å². The molecule has 2 amide bonds. The summed E-state index contributed by atoms with van der Waals surface area (Å²) >= 11 is 3.36. The van der Waals surface area contributed by atoms with Gasteiger partial charge in [-0.2, -0.15) is 0 Å². The molecule has 1 fully saturated rings. The van der Waals surface area contributed by atoms with Gasteiger partial charge in [0, 0.05) is 22.3 Å². The highest BCUT2D eigenvalue weighted by Gasteiger charge is 2.35. The van der Waals surface area contributed by atoms with Crippen molar-refractivity contribution in [3.8, 4) is 0 Å². The SMILES string of the molecule is CC(NC(=O)C1CCCN1C(=O)c1ccc(Br)cc1)c1cccc(NS(C)(=O)=O)c1. The van der Waals surface area contributed by atoms with Gasteiger partial charge in [0.1, 0.15) is 6.04 Å². The summed E-state index contributed by atoms with van der Waals surface area (Å²) < 4.78 is 26.2. The molecule has 1 saturated heterocycles. The molecule has 1 aliphatic rings. The number of anilines is 1. The maximum atomic E-state index is 12.9. The van der Waals surface area contributed by atoms with Crippen molar-refractivity contribution in [3.63, 3.8) is 0 Å². The van der Waals surface area contributed by atoms with E-state index in [0.717, 1.165) is 22.7 Å². The number of sulfonamides is 1. The highest BCUT2D eigenvalue weighted by Crippen LogP contribution is 2.23. The van der Waals surface area contributed by atoms with E-state index in [-0.39, 0.29) is 17.9 Å². The summed E-state index contributed by atoms with van der Waals surface area (Å²) in [5.74, 6) is -0.376. The predicted molar refractivity (Wildman–Crippen MR) is 120 cm³/mol. The van der Waals surface area contributed by atoms with Gasteiger partial charge in [-0.05, 0) is 61.7 Å². The standard InChI is InChI=1S/C21H24BrN3O4S/c1-14(16-5-3-6-18(13-16)24-30(2,28)29)23-20(26)19-7-4-12-25(19)21(27)15-8-10-17(22)11-9-15/h3,5-6,8-11,13-14,19,24H,4,7,12H2,1-2H3,(H,23,26). The van der Waals surface area contributed by atoms with Crippen molar-refractivity contribution in [3.05, 3.63) is 64.1 Å². The van der Waals surface area contributed by atoms with Crippen LogP contribution in [0.15, 0.2) is 53.0 Å². The highest BCUT2D eigenvalue weighted by atomic mass is 79.9. The van der Waals surface area contributed by atoms with Gasteiger partial charge in [-0.25, -0.2) is 8.42 Å². The van der Waals surface area contributed by atoms with E-state index in [1.807, 2.05) is 13.0 Å². The van der Waals surface area contributed by atoms with Crippen molar-refractivity contribution in [2.24, 2.45) is 0 Å². The molecule has 2 unspecified atom stereocenters. The summed E-state index contributed by atoms with van der Waals surface area (Å²) in [6.07, 6.45) is 2.46. The first-order valence-electron chi connectivity index (χ1n) is 9.59. The van der Waals surface area contributed by atoms with Gasteiger partial charge < -0.3 is 10.2 Å². The molecule has 0 saturated carbocycles. The van der Waals surface area contributed by atoms with Crippen molar-refractivity contribution in [1.29, 1.82) is 0 Å². The van der Waals surface area contributed by atoms with E-state index in [0.29, 0.717) is 24.2 Å². The number of halogens is 1. The maximum Gasteiger partial charge on any atom is 0.254 e. The van der Waals surface area contributed by atoms with E-state index >= 15 is 0 Å². The molecule has 2 aromatic carbocycles. The van der Waals surface area contributed by atoms with Crippen LogP contribution >= 0.6 is 15.9 Å². The van der Waals surface area contributed by atoms with Crippen LogP contribution in [0.4, 0.5) is 5.69 Å². The zero-order chi connectivity index (χ0) is 21.9. The van der Waals surface area contributed by atoms with Crippen molar-refractivity contribution >= 4 is 43.5 Å². The van der Waals surface area contributed by atoms with Crippen LogP contribution in [0.25, 0.3) is 0 Å². The number of benzene rings is 2. The van der Waals surface area contributed by atoms with Crippen LogP contribution in [0.2, 0.25) is 0 Å². The number of rotatable bonds is 6. The molecule has 0 radical (unpaired) electrons. The third-order valence-electron chi connectivity index (χ3n) is 4.96. The van der Waals surface area contributed by atoms with Crippen LogP contribution in [0, 0.1) is 0 Å². The number of nitrogens with zero attached hydrogens (tertiary/aromatic N) is 1. The van der Waals surface area contributed by atoms with Gasteiger partial charge in [-0.3, -0.25) is 14.3 Å². The Labute approximate surface area is 185 Å². The Morgan fingerprint density at radius 3 is 2.53 bits per heavy atom. The Balaban J connectivity index is 1.69. The second kappa shape index (κ2) is 9.18.